The van der Waals surface area contributed by atoms with Crippen molar-refractivity contribution in [3.8, 4) is 17.2 Å². The van der Waals surface area contributed by atoms with Gasteiger partial charge in [0.2, 0.25) is 0 Å². The molecule has 0 saturated carbocycles. The van der Waals surface area contributed by atoms with Gasteiger partial charge in [-0.3, -0.25) is 9.58 Å². The number of esters is 1. The fourth-order valence-electron chi connectivity index (χ4n) is 4.28. The van der Waals surface area contributed by atoms with Gasteiger partial charge in [-0.2, -0.15) is 10.2 Å². The maximum Gasteiger partial charge on any atom is 0.341 e. The highest BCUT2D eigenvalue weighted by Crippen LogP contribution is 2.33. The minimum Gasteiger partial charge on any atom is -0.486 e. The molecular formula is C24H31N5O4. The monoisotopic (exact) mass is 453 g/mol. The lowest BCUT2D eigenvalue weighted by Gasteiger charge is -2.26. The van der Waals surface area contributed by atoms with Crippen molar-refractivity contribution >= 4 is 5.97 Å². The van der Waals surface area contributed by atoms with E-state index in [9.17, 15) is 4.79 Å². The summed E-state index contributed by atoms with van der Waals surface area (Å²) in [7, 11) is 3.99. The van der Waals surface area contributed by atoms with Crippen LogP contribution in [0.15, 0.2) is 24.4 Å². The van der Waals surface area contributed by atoms with Gasteiger partial charge in [0.05, 0.1) is 29.9 Å². The minimum absolute atomic E-state index is 0.0809. The largest absolute Gasteiger partial charge is 0.486 e. The number of hydrogen-bond donors (Lipinski definition) is 0. The number of aryl methyl sites for hydroxylation is 2. The molecule has 1 aromatic carbocycles. The van der Waals surface area contributed by atoms with Crippen molar-refractivity contribution in [3.05, 3.63) is 52.6 Å². The van der Waals surface area contributed by atoms with E-state index in [4.69, 9.17) is 14.2 Å². The Labute approximate surface area is 193 Å². The Morgan fingerprint density at radius 1 is 1.24 bits per heavy atom. The number of aromatic nitrogens is 4. The molecule has 0 radical (unpaired) electrons. The molecule has 0 unspecified atom stereocenters. The van der Waals surface area contributed by atoms with Crippen LogP contribution in [0.25, 0.3) is 5.69 Å². The van der Waals surface area contributed by atoms with Crippen LogP contribution in [0.4, 0.5) is 0 Å². The molecule has 176 valence electrons. The van der Waals surface area contributed by atoms with Crippen LogP contribution >= 0.6 is 0 Å². The highest BCUT2D eigenvalue weighted by molar-refractivity contribution is 5.90. The summed E-state index contributed by atoms with van der Waals surface area (Å²) in [5.74, 6) is 0.991. The van der Waals surface area contributed by atoms with E-state index in [2.05, 4.69) is 28.9 Å². The third kappa shape index (κ3) is 4.32. The smallest absolute Gasteiger partial charge is 0.341 e. The van der Waals surface area contributed by atoms with Crippen LogP contribution in [0.1, 0.15) is 52.9 Å². The molecule has 0 bridgehead atoms. The molecule has 33 heavy (non-hydrogen) atoms. The van der Waals surface area contributed by atoms with Crippen LogP contribution in [0.3, 0.4) is 0 Å². The van der Waals surface area contributed by atoms with E-state index in [0.29, 0.717) is 43.4 Å². The summed E-state index contributed by atoms with van der Waals surface area (Å²) in [6, 6.07) is 5.75. The van der Waals surface area contributed by atoms with Crippen LogP contribution in [0, 0.1) is 13.8 Å². The molecule has 0 fully saturated rings. The number of hydrogen-bond acceptors (Lipinski definition) is 7. The fraction of sp³-hybridized carbons (Fsp3) is 0.458. The van der Waals surface area contributed by atoms with E-state index in [1.807, 2.05) is 43.9 Å². The number of ether oxygens (including phenoxy) is 3. The number of carbonyl (C=O) groups excluding carboxylic acids is 1. The molecule has 1 aliphatic heterocycles. The molecule has 0 spiro atoms. The summed E-state index contributed by atoms with van der Waals surface area (Å²) >= 11 is 0. The summed E-state index contributed by atoms with van der Waals surface area (Å²) in [6.45, 7) is 9.85. The Morgan fingerprint density at radius 2 is 1.97 bits per heavy atom. The lowest BCUT2D eigenvalue weighted by atomic mass is 10.0. The molecule has 1 atom stereocenters. The van der Waals surface area contributed by atoms with Gasteiger partial charge in [0, 0.05) is 37.0 Å². The van der Waals surface area contributed by atoms with Gasteiger partial charge >= 0.3 is 5.97 Å². The van der Waals surface area contributed by atoms with Crippen molar-refractivity contribution in [3.63, 3.8) is 0 Å². The molecule has 2 aromatic heterocycles. The first-order chi connectivity index (χ1) is 15.8. The molecule has 4 rings (SSSR count). The van der Waals surface area contributed by atoms with E-state index in [1.54, 1.807) is 17.8 Å². The van der Waals surface area contributed by atoms with Crippen molar-refractivity contribution in [2.45, 2.75) is 40.3 Å². The van der Waals surface area contributed by atoms with Gasteiger partial charge in [-0.05, 0) is 46.9 Å². The molecule has 0 saturated heterocycles. The Hall–Kier alpha value is -3.33. The van der Waals surface area contributed by atoms with Gasteiger partial charge in [-0.25, -0.2) is 9.48 Å². The number of nitrogens with zero attached hydrogens (tertiary/aromatic N) is 5. The highest BCUT2D eigenvalue weighted by Gasteiger charge is 2.26. The summed E-state index contributed by atoms with van der Waals surface area (Å²) in [5.41, 5.74) is 5.30. The molecule has 3 heterocycles. The quantitative estimate of drug-likeness (QED) is 0.507. The average Bonchev–Trinajstić information content (AvgIpc) is 3.32. The van der Waals surface area contributed by atoms with Crippen molar-refractivity contribution in [1.29, 1.82) is 0 Å². The predicted octanol–water partition coefficient (Wildman–Crippen LogP) is 3.36. The molecule has 9 nitrogen and oxygen atoms in total. The van der Waals surface area contributed by atoms with Crippen LogP contribution in [-0.2, 0) is 18.3 Å². The van der Waals surface area contributed by atoms with Gasteiger partial charge in [0.1, 0.15) is 18.8 Å². The predicted molar refractivity (Wildman–Crippen MR) is 123 cm³/mol. The van der Waals surface area contributed by atoms with Gasteiger partial charge in [-0.1, -0.05) is 0 Å². The van der Waals surface area contributed by atoms with E-state index in [-0.39, 0.29) is 12.0 Å². The Morgan fingerprint density at radius 3 is 2.64 bits per heavy atom. The minimum atomic E-state index is -0.383. The van der Waals surface area contributed by atoms with Gasteiger partial charge in [0.25, 0.3) is 0 Å². The maximum atomic E-state index is 12.7. The SMILES string of the molecule is CCOC(=O)c1cnn(-c2ccc3c(c2)OCCO3)c1CN(C)[C@H](C)c1c(C)nn(C)c1C. The molecule has 0 aliphatic carbocycles. The number of rotatable bonds is 7. The zero-order chi connectivity index (χ0) is 23.7. The van der Waals surface area contributed by atoms with Gasteiger partial charge < -0.3 is 14.2 Å². The summed E-state index contributed by atoms with van der Waals surface area (Å²) in [4.78, 5) is 14.9. The van der Waals surface area contributed by atoms with E-state index in [1.165, 1.54) is 5.56 Å². The second-order valence-corrected chi connectivity index (χ2v) is 8.26. The lowest BCUT2D eigenvalue weighted by Crippen LogP contribution is -2.25. The zero-order valence-electron chi connectivity index (χ0n) is 20.1. The van der Waals surface area contributed by atoms with Crippen molar-refractivity contribution in [2.24, 2.45) is 7.05 Å². The number of benzene rings is 1. The third-order valence-corrected chi connectivity index (χ3v) is 6.18. The Bertz CT molecular complexity index is 1170. The van der Waals surface area contributed by atoms with Crippen LogP contribution < -0.4 is 9.47 Å². The van der Waals surface area contributed by atoms with Crippen molar-refractivity contribution in [1.82, 2.24) is 24.5 Å². The standard InChI is InChI=1S/C24H31N5O4/c1-7-31-24(30)19-13-25-29(18-8-9-21-22(12-18)33-11-10-32-21)20(19)14-27(5)16(3)23-15(2)26-28(6)17(23)4/h8-9,12-13,16H,7,10-11,14H2,1-6H3/t16-/m1/s1. The Balaban J connectivity index is 1.71. The summed E-state index contributed by atoms with van der Waals surface area (Å²) < 4.78 is 20.4. The van der Waals surface area contributed by atoms with E-state index < -0.39 is 0 Å². The third-order valence-electron chi connectivity index (χ3n) is 6.18. The fourth-order valence-corrected chi connectivity index (χ4v) is 4.28. The first-order valence-corrected chi connectivity index (χ1v) is 11.2. The highest BCUT2D eigenvalue weighted by atomic mass is 16.6. The maximum absolute atomic E-state index is 12.7. The molecule has 0 amide bonds. The van der Waals surface area contributed by atoms with Crippen LogP contribution in [0.2, 0.25) is 0 Å². The summed E-state index contributed by atoms with van der Waals surface area (Å²) in [6.07, 6.45) is 1.57. The van der Waals surface area contributed by atoms with Gasteiger partial charge in [-0.15, -0.1) is 0 Å². The summed E-state index contributed by atoms with van der Waals surface area (Å²) in [5, 5.41) is 9.10. The van der Waals surface area contributed by atoms with Crippen molar-refractivity contribution < 1.29 is 19.0 Å². The second kappa shape index (κ2) is 9.27. The topological polar surface area (TPSA) is 83.6 Å². The number of fused-ring (bicyclic) bond motifs is 1. The molecule has 0 N–H and O–H groups in total. The van der Waals surface area contributed by atoms with Crippen LogP contribution in [0.5, 0.6) is 11.5 Å². The molecule has 3 aromatic rings. The lowest BCUT2D eigenvalue weighted by molar-refractivity contribution is 0.0523. The van der Waals surface area contributed by atoms with E-state index >= 15 is 0 Å². The average molecular weight is 454 g/mol. The first kappa shape index (κ1) is 22.8. The normalized spacial score (nSPS) is 13.9. The molecule has 9 heteroatoms. The van der Waals surface area contributed by atoms with Crippen LogP contribution in [-0.4, -0.2) is 57.3 Å². The second-order valence-electron chi connectivity index (χ2n) is 8.26. The van der Waals surface area contributed by atoms with E-state index in [0.717, 1.165) is 22.8 Å². The zero-order valence-corrected chi connectivity index (χ0v) is 20.1. The first-order valence-electron chi connectivity index (χ1n) is 11.2. The Kier molecular flexibility index (Phi) is 6.42. The van der Waals surface area contributed by atoms with Crippen molar-refractivity contribution in [2.75, 3.05) is 26.9 Å². The molecule has 1 aliphatic rings. The number of carbonyl (C=O) groups is 1. The molecular weight excluding hydrogens is 422 g/mol. The van der Waals surface area contributed by atoms with Gasteiger partial charge in [0.15, 0.2) is 11.5 Å².